The van der Waals surface area contributed by atoms with Crippen LogP contribution in [0.2, 0.25) is 0 Å². The van der Waals surface area contributed by atoms with Crippen LogP contribution in [0.15, 0.2) is 24.7 Å². The molecule has 134 valence electrons. The quantitative estimate of drug-likeness (QED) is 0.858. The molecular formula is C19H27N5O. The van der Waals surface area contributed by atoms with Crippen LogP contribution in [-0.4, -0.2) is 43.6 Å². The molecule has 0 spiro atoms. The molecule has 0 bridgehead atoms. The number of aromatic nitrogens is 4. The molecule has 1 saturated heterocycles. The predicted molar refractivity (Wildman–Crippen MR) is 96.8 cm³/mol. The third kappa shape index (κ3) is 3.72. The zero-order valence-corrected chi connectivity index (χ0v) is 15.6. The van der Waals surface area contributed by atoms with Gasteiger partial charge in [-0.25, -0.2) is 0 Å². The topological polar surface area (TPSA) is 63.9 Å². The Morgan fingerprint density at radius 3 is 2.72 bits per heavy atom. The fourth-order valence-electron chi connectivity index (χ4n) is 3.45. The van der Waals surface area contributed by atoms with Crippen molar-refractivity contribution in [1.82, 2.24) is 24.6 Å². The number of nitrogens with zero attached hydrogens (tertiary/aromatic N) is 5. The summed E-state index contributed by atoms with van der Waals surface area (Å²) in [6.07, 6.45) is 7.14. The van der Waals surface area contributed by atoms with Crippen LogP contribution >= 0.6 is 0 Å². The molecule has 2 aromatic rings. The second kappa shape index (κ2) is 6.94. The molecule has 1 fully saturated rings. The molecule has 1 aliphatic rings. The van der Waals surface area contributed by atoms with Crippen LogP contribution in [0.1, 0.15) is 39.8 Å². The number of likely N-dealkylation sites (tertiary alicyclic amines) is 1. The van der Waals surface area contributed by atoms with E-state index in [1.165, 1.54) is 0 Å². The summed E-state index contributed by atoms with van der Waals surface area (Å²) in [4.78, 5) is 23.6. The smallest absolute Gasteiger partial charge is 0.227 e. The first kappa shape index (κ1) is 17.6. The van der Waals surface area contributed by atoms with Gasteiger partial charge in [0.1, 0.15) is 5.69 Å². The third-order valence-corrected chi connectivity index (χ3v) is 4.73. The van der Waals surface area contributed by atoms with Gasteiger partial charge in [0, 0.05) is 43.6 Å². The highest BCUT2D eigenvalue weighted by Crippen LogP contribution is 2.28. The van der Waals surface area contributed by atoms with Crippen LogP contribution < -0.4 is 0 Å². The molecule has 0 aromatic carbocycles. The summed E-state index contributed by atoms with van der Waals surface area (Å²) >= 11 is 0. The van der Waals surface area contributed by atoms with Crippen molar-refractivity contribution in [2.45, 2.75) is 47.1 Å². The highest BCUT2D eigenvalue weighted by atomic mass is 16.2. The first-order chi connectivity index (χ1) is 11.9. The van der Waals surface area contributed by atoms with E-state index in [2.05, 4.69) is 22.0 Å². The lowest BCUT2D eigenvalue weighted by molar-refractivity contribution is -0.138. The average molecular weight is 341 g/mol. The van der Waals surface area contributed by atoms with Crippen LogP contribution in [0.25, 0.3) is 11.4 Å². The molecule has 2 aromatic heterocycles. The van der Waals surface area contributed by atoms with Crippen LogP contribution in [0, 0.1) is 11.3 Å². The zero-order valence-electron chi connectivity index (χ0n) is 15.6. The average Bonchev–Trinajstić information content (AvgIpc) is 3.22. The number of amides is 1. The van der Waals surface area contributed by atoms with Crippen molar-refractivity contribution in [3.8, 4) is 11.4 Å². The van der Waals surface area contributed by atoms with Gasteiger partial charge < -0.3 is 4.90 Å². The van der Waals surface area contributed by atoms with Crippen molar-refractivity contribution in [2.75, 3.05) is 13.1 Å². The lowest BCUT2D eigenvalue weighted by Crippen LogP contribution is -2.38. The molecule has 0 radical (unpaired) electrons. The van der Waals surface area contributed by atoms with Crippen molar-refractivity contribution in [3.05, 3.63) is 30.4 Å². The van der Waals surface area contributed by atoms with Crippen molar-refractivity contribution in [2.24, 2.45) is 11.3 Å². The molecule has 1 aliphatic heterocycles. The van der Waals surface area contributed by atoms with Gasteiger partial charge >= 0.3 is 0 Å². The van der Waals surface area contributed by atoms with E-state index in [1.54, 1.807) is 18.6 Å². The van der Waals surface area contributed by atoms with E-state index >= 15 is 0 Å². The van der Waals surface area contributed by atoms with Gasteiger partial charge in [0.25, 0.3) is 0 Å². The predicted octanol–water partition coefficient (Wildman–Crippen LogP) is 2.80. The number of carbonyl (C=O) groups is 1. The third-order valence-electron chi connectivity index (χ3n) is 4.73. The summed E-state index contributed by atoms with van der Waals surface area (Å²) in [5.74, 6) is 0.665. The Hall–Kier alpha value is -2.24. The highest BCUT2D eigenvalue weighted by molar-refractivity contribution is 5.81. The summed E-state index contributed by atoms with van der Waals surface area (Å²) in [5, 5.41) is 4.34. The zero-order chi connectivity index (χ0) is 18.0. The number of rotatable bonds is 4. The molecule has 3 rings (SSSR count). The summed E-state index contributed by atoms with van der Waals surface area (Å²) in [6.45, 7) is 10.5. The van der Waals surface area contributed by atoms with Gasteiger partial charge in [-0.1, -0.05) is 20.8 Å². The minimum atomic E-state index is -0.319. The second-order valence-corrected chi connectivity index (χ2v) is 7.74. The van der Waals surface area contributed by atoms with Gasteiger partial charge in [-0.2, -0.15) is 5.10 Å². The van der Waals surface area contributed by atoms with Gasteiger partial charge in [0.2, 0.25) is 5.91 Å². The minimum Gasteiger partial charge on any atom is -0.342 e. The van der Waals surface area contributed by atoms with Crippen molar-refractivity contribution < 1.29 is 4.79 Å². The van der Waals surface area contributed by atoms with Crippen LogP contribution in [0.5, 0.6) is 0 Å². The summed E-state index contributed by atoms with van der Waals surface area (Å²) in [7, 11) is 0. The van der Waals surface area contributed by atoms with Gasteiger partial charge in [-0.3, -0.25) is 19.4 Å². The Bertz CT molecular complexity index is 746. The molecule has 3 heterocycles. The molecule has 0 N–H and O–H groups in total. The van der Waals surface area contributed by atoms with E-state index in [4.69, 9.17) is 0 Å². The van der Waals surface area contributed by atoms with E-state index in [0.717, 1.165) is 49.6 Å². The van der Waals surface area contributed by atoms with Gasteiger partial charge in [-0.15, -0.1) is 0 Å². The van der Waals surface area contributed by atoms with E-state index < -0.39 is 0 Å². The maximum Gasteiger partial charge on any atom is 0.227 e. The van der Waals surface area contributed by atoms with Gasteiger partial charge in [0.15, 0.2) is 0 Å². The number of hydrogen-bond donors (Lipinski definition) is 0. The largest absolute Gasteiger partial charge is 0.342 e. The molecule has 1 amide bonds. The first-order valence-electron chi connectivity index (χ1n) is 9.01. The molecule has 1 atom stereocenters. The lowest BCUT2D eigenvalue weighted by Gasteiger charge is -2.25. The Morgan fingerprint density at radius 1 is 1.24 bits per heavy atom. The number of carbonyl (C=O) groups excluding carboxylic acids is 1. The minimum absolute atomic E-state index is 0.235. The molecule has 0 saturated carbocycles. The van der Waals surface area contributed by atoms with Crippen LogP contribution in [0.4, 0.5) is 0 Å². The Kier molecular flexibility index (Phi) is 4.88. The van der Waals surface area contributed by atoms with Crippen molar-refractivity contribution in [3.63, 3.8) is 0 Å². The highest BCUT2D eigenvalue weighted by Gasteiger charge is 2.33. The molecule has 0 aliphatic carbocycles. The summed E-state index contributed by atoms with van der Waals surface area (Å²) in [5.41, 5.74) is 2.58. The van der Waals surface area contributed by atoms with Crippen molar-refractivity contribution >= 4 is 5.91 Å². The number of aryl methyl sites for hydroxylation is 1. The van der Waals surface area contributed by atoms with Crippen LogP contribution in [0.3, 0.4) is 0 Å². The SMILES string of the molecule is CCn1nccc1-c1nccnc1CC1CCN(C(=O)C(C)(C)C)C1. The van der Waals surface area contributed by atoms with E-state index in [1.807, 2.05) is 36.4 Å². The molecule has 6 heteroatoms. The van der Waals surface area contributed by atoms with E-state index in [9.17, 15) is 4.79 Å². The molecule has 6 nitrogen and oxygen atoms in total. The van der Waals surface area contributed by atoms with Crippen molar-refractivity contribution in [1.29, 1.82) is 0 Å². The fraction of sp³-hybridized carbons (Fsp3) is 0.579. The summed E-state index contributed by atoms with van der Waals surface area (Å²) in [6, 6.07) is 1.99. The standard InChI is InChI=1S/C19H27N5O/c1-5-24-16(6-8-22-24)17-15(20-9-10-21-17)12-14-7-11-23(13-14)18(25)19(2,3)4/h6,8-10,14H,5,7,11-13H2,1-4H3. The molecule has 1 unspecified atom stereocenters. The van der Waals surface area contributed by atoms with E-state index in [-0.39, 0.29) is 11.3 Å². The van der Waals surface area contributed by atoms with E-state index in [0.29, 0.717) is 5.92 Å². The lowest BCUT2D eigenvalue weighted by atomic mass is 9.95. The Morgan fingerprint density at radius 2 is 2.00 bits per heavy atom. The van der Waals surface area contributed by atoms with Gasteiger partial charge in [-0.05, 0) is 31.7 Å². The summed E-state index contributed by atoms with van der Waals surface area (Å²) < 4.78 is 1.94. The molecular weight excluding hydrogens is 314 g/mol. The molecule has 25 heavy (non-hydrogen) atoms. The number of hydrogen-bond acceptors (Lipinski definition) is 4. The Balaban J connectivity index is 1.76. The maximum atomic E-state index is 12.5. The monoisotopic (exact) mass is 341 g/mol. The maximum absolute atomic E-state index is 12.5. The van der Waals surface area contributed by atoms with Gasteiger partial charge in [0.05, 0.1) is 11.4 Å². The van der Waals surface area contributed by atoms with Crippen LogP contribution in [-0.2, 0) is 17.8 Å². The Labute approximate surface area is 149 Å². The second-order valence-electron chi connectivity index (χ2n) is 7.74. The normalized spacial score (nSPS) is 17.9. The fourth-order valence-corrected chi connectivity index (χ4v) is 3.45. The first-order valence-corrected chi connectivity index (χ1v) is 9.01.